The van der Waals surface area contributed by atoms with Crippen LogP contribution in [-0.4, -0.2) is 84.0 Å². The summed E-state index contributed by atoms with van der Waals surface area (Å²) in [6.45, 7) is 1.19. The number of pyridine rings is 1. The molecule has 1 aromatic carbocycles. The Hall–Kier alpha value is -3.66. The number of aryl methyl sites for hydroxylation is 1. The van der Waals surface area contributed by atoms with Crippen LogP contribution in [0, 0.1) is 5.92 Å². The number of ether oxygens (including phenoxy) is 1. The molecule has 0 spiro atoms. The average Bonchev–Trinajstić information content (AvgIpc) is 2.90. The van der Waals surface area contributed by atoms with Crippen LogP contribution in [0.4, 0.5) is 5.95 Å². The van der Waals surface area contributed by atoms with Gasteiger partial charge in [-0.15, -0.1) is 0 Å². The molecule has 0 radical (unpaired) electrons. The van der Waals surface area contributed by atoms with Crippen LogP contribution in [0.25, 0.3) is 10.9 Å². The standard InChI is InChI=1S/C27H33ClN6O4/c1-31(2)24(35)16-38-23-14-19-12-17(6-7-22(19)33(5)26(23)37)13-21-20(28)15-29-27(30-21)34-10-8-18(9-11-34)25(36)32(3)4/h6-7,12,14-15,18H,8-11,13,16H2,1-5H3. The molecule has 11 heteroatoms. The number of halogens is 1. The number of carbonyl (C=O) groups is 2. The summed E-state index contributed by atoms with van der Waals surface area (Å²) in [5, 5.41) is 1.27. The molecule has 0 aliphatic carbocycles. The third kappa shape index (κ3) is 5.91. The zero-order valence-corrected chi connectivity index (χ0v) is 23.2. The van der Waals surface area contributed by atoms with Crippen molar-refractivity contribution in [3.63, 3.8) is 0 Å². The molecule has 3 aromatic rings. The van der Waals surface area contributed by atoms with Gasteiger partial charge in [0, 0.05) is 66.1 Å². The molecule has 0 bridgehead atoms. The van der Waals surface area contributed by atoms with Crippen molar-refractivity contribution in [2.24, 2.45) is 13.0 Å². The molecular formula is C27H33ClN6O4. The van der Waals surface area contributed by atoms with Crippen molar-refractivity contribution >= 4 is 40.3 Å². The summed E-state index contributed by atoms with van der Waals surface area (Å²) in [7, 11) is 8.52. The molecule has 0 atom stereocenters. The molecule has 2 aromatic heterocycles. The molecule has 4 rings (SSSR count). The molecule has 202 valence electrons. The van der Waals surface area contributed by atoms with Crippen molar-refractivity contribution in [2.45, 2.75) is 19.3 Å². The van der Waals surface area contributed by atoms with E-state index in [0.717, 1.165) is 29.3 Å². The second kappa shape index (κ2) is 11.4. The minimum atomic E-state index is -0.309. The zero-order valence-electron chi connectivity index (χ0n) is 22.4. The molecule has 38 heavy (non-hydrogen) atoms. The van der Waals surface area contributed by atoms with Crippen molar-refractivity contribution in [3.8, 4) is 5.75 Å². The number of nitrogens with zero attached hydrogens (tertiary/aromatic N) is 6. The van der Waals surface area contributed by atoms with Gasteiger partial charge in [-0.1, -0.05) is 17.7 Å². The maximum Gasteiger partial charge on any atom is 0.293 e. The summed E-state index contributed by atoms with van der Waals surface area (Å²) < 4.78 is 7.06. The van der Waals surface area contributed by atoms with E-state index in [1.165, 1.54) is 9.47 Å². The van der Waals surface area contributed by atoms with E-state index in [2.05, 4.69) is 9.88 Å². The Kier molecular flexibility index (Phi) is 8.20. The normalized spacial score (nSPS) is 14.0. The molecule has 1 aliphatic heterocycles. The van der Waals surface area contributed by atoms with Gasteiger partial charge in [-0.2, -0.15) is 0 Å². The highest BCUT2D eigenvalue weighted by Gasteiger charge is 2.27. The third-order valence-corrected chi connectivity index (χ3v) is 7.16. The van der Waals surface area contributed by atoms with Crippen LogP contribution in [0.2, 0.25) is 5.02 Å². The molecule has 1 saturated heterocycles. The number of likely N-dealkylation sites (N-methyl/N-ethyl adjacent to an activating group) is 1. The average molecular weight is 541 g/mol. The molecular weight excluding hydrogens is 508 g/mol. The Morgan fingerprint density at radius 1 is 1.11 bits per heavy atom. The van der Waals surface area contributed by atoms with E-state index in [9.17, 15) is 14.4 Å². The van der Waals surface area contributed by atoms with Gasteiger partial charge in [-0.3, -0.25) is 14.4 Å². The fourth-order valence-corrected chi connectivity index (χ4v) is 4.70. The maximum atomic E-state index is 12.7. The molecule has 2 amide bonds. The predicted molar refractivity (Wildman–Crippen MR) is 147 cm³/mol. The van der Waals surface area contributed by atoms with E-state index in [1.54, 1.807) is 52.4 Å². The number of hydrogen-bond acceptors (Lipinski definition) is 7. The van der Waals surface area contributed by atoms with Gasteiger partial charge in [0.15, 0.2) is 12.4 Å². The van der Waals surface area contributed by atoms with Gasteiger partial charge < -0.3 is 24.0 Å². The van der Waals surface area contributed by atoms with Crippen molar-refractivity contribution in [1.82, 2.24) is 24.3 Å². The van der Waals surface area contributed by atoms with Crippen molar-refractivity contribution in [3.05, 3.63) is 57.1 Å². The fraction of sp³-hybridized carbons (Fsp3) is 0.444. The van der Waals surface area contributed by atoms with Crippen LogP contribution >= 0.6 is 11.6 Å². The van der Waals surface area contributed by atoms with E-state index < -0.39 is 0 Å². The second-order valence-electron chi connectivity index (χ2n) is 9.98. The zero-order chi connectivity index (χ0) is 27.6. The van der Waals surface area contributed by atoms with Crippen LogP contribution in [0.3, 0.4) is 0 Å². The van der Waals surface area contributed by atoms with E-state index >= 15 is 0 Å². The number of rotatable bonds is 7. The summed E-state index contributed by atoms with van der Waals surface area (Å²) in [5.41, 5.74) is 2.08. The minimum Gasteiger partial charge on any atom is -0.478 e. The van der Waals surface area contributed by atoms with Gasteiger partial charge in [0.2, 0.25) is 11.9 Å². The Bertz CT molecular complexity index is 1410. The van der Waals surface area contributed by atoms with Crippen molar-refractivity contribution in [2.75, 3.05) is 52.8 Å². The van der Waals surface area contributed by atoms with Gasteiger partial charge >= 0.3 is 0 Å². The van der Waals surface area contributed by atoms with Crippen molar-refractivity contribution in [1.29, 1.82) is 0 Å². The maximum absolute atomic E-state index is 12.7. The molecule has 1 fully saturated rings. The third-order valence-electron chi connectivity index (χ3n) is 6.85. The van der Waals surface area contributed by atoms with Crippen LogP contribution in [0.1, 0.15) is 24.1 Å². The quantitative estimate of drug-likeness (QED) is 0.453. The fourth-order valence-electron chi connectivity index (χ4n) is 4.54. The minimum absolute atomic E-state index is 0.0245. The van der Waals surface area contributed by atoms with Gasteiger partial charge in [-0.05, 0) is 36.6 Å². The van der Waals surface area contributed by atoms with Gasteiger partial charge in [0.05, 0.1) is 22.4 Å². The highest BCUT2D eigenvalue weighted by Crippen LogP contribution is 2.26. The van der Waals surface area contributed by atoms with Gasteiger partial charge in [0.25, 0.3) is 11.5 Å². The summed E-state index contributed by atoms with van der Waals surface area (Å²) in [6, 6.07) is 7.44. The Morgan fingerprint density at radius 3 is 2.47 bits per heavy atom. The number of carbonyl (C=O) groups excluding carboxylic acids is 2. The lowest BCUT2D eigenvalue weighted by atomic mass is 9.96. The topological polar surface area (TPSA) is 101 Å². The lowest BCUT2D eigenvalue weighted by Crippen LogP contribution is -2.40. The Labute approximate surface area is 226 Å². The Morgan fingerprint density at radius 2 is 1.82 bits per heavy atom. The van der Waals surface area contributed by atoms with E-state index in [4.69, 9.17) is 21.3 Å². The number of benzene rings is 1. The monoisotopic (exact) mass is 540 g/mol. The van der Waals surface area contributed by atoms with Crippen LogP contribution in [-0.2, 0) is 23.1 Å². The number of piperidine rings is 1. The number of amides is 2. The Balaban J connectivity index is 1.54. The largest absolute Gasteiger partial charge is 0.478 e. The number of fused-ring (bicyclic) bond motifs is 1. The summed E-state index contributed by atoms with van der Waals surface area (Å²) in [5.74, 6) is 0.671. The molecule has 0 N–H and O–H groups in total. The van der Waals surface area contributed by atoms with E-state index in [-0.39, 0.29) is 35.6 Å². The lowest BCUT2D eigenvalue weighted by Gasteiger charge is -2.32. The lowest BCUT2D eigenvalue weighted by molar-refractivity contribution is -0.133. The first-order valence-electron chi connectivity index (χ1n) is 12.5. The van der Waals surface area contributed by atoms with Crippen molar-refractivity contribution < 1.29 is 14.3 Å². The summed E-state index contributed by atoms with van der Waals surface area (Å²) >= 11 is 6.48. The highest BCUT2D eigenvalue weighted by atomic mass is 35.5. The van der Waals surface area contributed by atoms with Crippen LogP contribution in [0.5, 0.6) is 5.75 Å². The predicted octanol–water partition coefficient (Wildman–Crippen LogP) is 2.34. The number of aromatic nitrogens is 3. The van der Waals surface area contributed by atoms with E-state index in [0.29, 0.717) is 36.2 Å². The summed E-state index contributed by atoms with van der Waals surface area (Å²) in [4.78, 5) is 51.3. The summed E-state index contributed by atoms with van der Waals surface area (Å²) in [6.07, 6.45) is 3.60. The van der Waals surface area contributed by atoms with Crippen LogP contribution in [0.15, 0.2) is 35.3 Å². The highest BCUT2D eigenvalue weighted by molar-refractivity contribution is 6.31. The number of anilines is 1. The van der Waals surface area contributed by atoms with E-state index in [1.807, 2.05) is 18.2 Å². The second-order valence-corrected chi connectivity index (χ2v) is 10.4. The molecule has 0 saturated carbocycles. The SMILES string of the molecule is CN(C)C(=O)COc1cc2cc(Cc3nc(N4CCC(C(=O)N(C)C)CC4)ncc3Cl)ccc2n(C)c1=O. The molecule has 0 unspecified atom stereocenters. The molecule has 3 heterocycles. The molecule has 10 nitrogen and oxygen atoms in total. The number of hydrogen-bond donors (Lipinski definition) is 0. The smallest absolute Gasteiger partial charge is 0.293 e. The van der Waals surface area contributed by atoms with Gasteiger partial charge in [-0.25, -0.2) is 9.97 Å². The first-order chi connectivity index (χ1) is 18.0. The van der Waals surface area contributed by atoms with Gasteiger partial charge in [0.1, 0.15) is 0 Å². The molecule has 1 aliphatic rings. The first kappa shape index (κ1) is 27.4. The van der Waals surface area contributed by atoms with Crippen LogP contribution < -0.4 is 15.2 Å². The first-order valence-corrected chi connectivity index (χ1v) is 12.9.